The molecule has 0 rings (SSSR count). The fourth-order valence-corrected chi connectivity index (χ4v) is 13.1. The molecule has 0 aliphatic heterocycles. The molecule has 0 saturated heterocycles. The van der Waals surface area contributed by atoms with Gasteiger partial charge in [0.15, 0.2) is 0 Å². The van der Waals surface area contributed by atoms with Gasteiger partial charge in [0, 0.05) is 23.8 Å². The van der Waals surface area contributed by atoms with Crippen molar-refractivity contribution in [2.24, 2.45) is 0 Å². The summed E-state index contributed by atoms with van der Waals surface area (Å²) < 4.78 is 0. The Morgan fingerprint density at radius 3 is 2.06 bits per heavy atom. The summed E-state index contributed by atoms with van der Waals surface area (Å²) in [5.41, 5.74) is 0. The van der Waals surface area contributed by atoms with Crippen LogP contribution < -0.4 is 0 Å². The third-order valence-electron chi connectivity index (χ3n) is 3.82. The van der Waals surface area contributed by atoms with Crippen LogP contribution in [0.25, 0.3) is 0 Å². The first-order valence-corrected chi connectivity index (χ1v) is 15.5. The fourth-order valence-electron chi connectivity index (χ4n) is 1.87. The topological polar surface area (TPSA) is 20.2 Å². The molecule has 0 bridgehead atoms. The summed E-state index contributed by atoms with van der Waals surface area (Å²) in [4.78, 5) is 0. The summed E-state index contributed by atoms with van der Waals surface area (Å²) in [6, 6.07) is 5.75. The standard InChI is InChI=1S/C13H32OSi3/c1-7-13(2)15-8-9-16(3,4)10-11-17(5,6)12-14/h7,14H,8-12,15H2,1-6H3. The van der Waals surface area contributed by atoms with Gasteiger partial charge in [0.2, 0.25) is 0 Å². The second-order valence-corrected chi connectivity index (χ2v) is 19.8. The summed E-state index contributed by atoms with van der Waals surface area (Å²) in [5.74, 6) is 0. The van der Waals surface area contributed by atoms with Crippen LogP contribution in [0.2, 0.25) is 50.4 Å². The number of aliphatic hydroxyl groups is 1. The van der Waals surface area contributed by atoms with Crippen molar-refractivity contribution >= 4 is 25.7 Å². The van der Waals surface area contributed by atoms with Crippen LogP contribution in [-0.2, 0) is 0 Å². The maximum atomic E-state index is 9.35. The van der Waals surface area contributed by atoms with Crippen LogP contribution in [0.5, 0.6) is 0 Å². The molecule has 0 spiro atoms. The Bertz CT molecular complexity index is 247. The molecule has 0 heterocycles. The first-order valence-electron chi connectivity index (χ1n) is 6.95. The quantitative estimate of drug-likeness (QED) is 0.678. The Balaban J connectivity index is 3.96. The molecule has 0 aromatic rings. The molecular weight excluding hydrogens is 256 g/mol. The van der Waals surface area contributed by atoms with Gasteiger partial charge in [-0.1, -0.05) is 61.6 Å². The van der Waals surface area contributed by atoms with E-state index in [1.807, 2.05) is 0 Å². The molecule has 17 heavy (non-hydrogen) atoms. The summed E-state index contributed by atoms with van der Waals surface area (Å²) >= 11 is 0. The number of hydrogen-bond acceptors (Lipinski definition) is 1. The minimum atomic E-state index is -1.26. The molecule has 0 atom stereocenters. The molecule has 0 aromatic heterocycles. The lowest BCUT2D eigenvalue weighted by molar-refractivity contribution is 0.358. The summed E-state index contributed by atoms with van der Waals surface area (Å²) in [6.07, 6.45) is 2.76. The Morgan fingerprint density at radius 1 is 1.06 bits per heavy atom. The maximum absolute atomic E-state index is 9.35. The van der Waals surface area contributed by atoms with Gasteiger partial charge >= 0.3 is 0 Å². The predicted molar refractivity (Wildman–Crippen MR) is 89.3 cm³/mol. The van der Waals surface area contributed by atoms with Gasteiger partial charge in [-0.2, -0.15) is 0 Å². The van der Waals surface area contributed by atoms with Crippen molar-refractivity contribution in [2.45, 2.75) is 64.2 Å². The van der Waals surface area contributed by atoms with Gasteiger partial charge in [-0.15, -0.1) is 0 Å². The molecule has 1 nitrogen and oxygen atoms in total. The van der Waals surface area contributed by atoms with Gasteiger partial charge in [-0.25, -0.2) is 0 Å². The van der Waals surface area contributed by atoms with E-state index in [0.717, 1.165) is 0 Å². The van der Waals surface area contributed by atoms with Crippen LogP contribution in [0.4, 0.5) is 0 Å². The van der Waals surface area contributed by atoms with Crippen LogP contribution in [0.3, 0.4) is 0 Å². The molecule has 0 fully saturated rings. The second-order valence-electron chi connectivity index (χ2n) is 6.98. The Morgan fingerprint density at radius 2 is 1.59 bits per heavy atom. The average Bonchev–Trinajstić information content (AvgIpc) is 2.26. The number of aliphatic hydroxyl groups excluding tert-OH is 1. The lowest BCUT2D eigenvalue weighted by atomic mass is 10.6. The zero-order valence-corrected chi connectivity index (χ0v) is 16.2. The second kappa shape index (κ2) is 7.71. The Hall–Kier alpha value is 0.351. The van der Waals surface area contributed by atoms with Crippen molar-refractivity contribution in [3.63, 3.8) is 0 Å². The van der Waals surface area contributed by atoms with E-state index < -0.39 is 16.1 Å². The zero-order valence-electron chi connectivity index (χ0n) is 12.8. The minimum Gasteiger partial charge on any atom is -0.400 e. The Labute approximate surface area is 113 Å². The smallest absolute Gasteiger partial charge is 0.0770 e. The van der Waals surface area contributed by atoms with Gasteiger partial charge in [-0.3, -0.25) is 0 Å². The molecule has 0 saturated carbocycles. The van der Waals surface area contributed by atoms with E-state index in [1.165, 1.54) is 24.2 Å². The fraction of sp³-hybridized carbons (Fsp3) is 0.846. The first-order chi connectivity index (χ1) is 7.72. The highest BCUT2D eigenvalue weighted by atomic mass is 28.3. The average molecular weight is 289 g/mol. The van der Waals surface area contributed by atoms with Crippen LogP contribution in [0.1, 0.15) is 13.8 Å². The summed E-state index contributed by atoms with van der Waals surface area (Å²) in [5, 5.41) is 11.0. The van der Waals surface area contributed by atoms with Crippen molar-refractivity contribution in [3.05, 3.63) is 11.3 Å². The van der Waals surface area contributed by atoms with E-state index in [4.69, 9.17) is 0 Å². The molecule has 0 aliphatic carbocycles. The van der Waals surface area contributed by atoms with E-state index in [2.05, 4.69) is 46.1 Å². The molecule has 0 aromatic carbocycles. The highest BCUT2D eigenvalue weighted by molar-refractivity contribution is 6.82. The van der Waals surface area contributed by atoms with Crippen molar-refractivity contribution in [1.82, 2.24) is 0 Å². The van der Waals surface area contributed by atoms with Crippen LogP contribution in [0, 0.1) is 0 Å². The van der Waals surface area contributed by atoms with Crippen LogP contribution in [0.15, 0.2) is 11.3 Å². The molecule has 1 N–H and O–H groups in total. The summed E-state index contributed by atoms with van der Waals surface area (Å²) in [7, 11) is -2.19. The molecule has 4 heteroatoms. The normalized spacial score (nSPS) is 14.9. The van der Waals surface area contributed by atoms with E-state index in [1.54, 1.807) is 5.20 Å². The molecule has 0 unspecified atom stereocenters. The van der Waals surface area contributed by atoms with Gasteiger partial charge in [0.25, 0.3) is 0 Å². The largest absolute Gasteiger partial charge is 0.400 e. The lowest BCUT2D eigenvalue weighted by Gasteiger charge is -2.27. The predicted octanol–water partition coefficient (Wildman–Crippen LogP) is 3.45. The van der Waals surface area contributed by atoms with Crippen molar-refractivity contribution in [2.75, 3.05) is 6.23 Å². The van der Waals surface area contributed by atoms with Crippen LogP contribution in [-0.4, -0.2) is 37.0 Å². The molecule has 0 amide bonds. The summed E-state index contributed by atoms with van der Waals surface area (Å²) in [6.45, 7) is 14.2. The van der Waals surface area contributed by atoms with Gasteiger partial charge in [-0.05, 0) is 13.8 Å². The van der Waals surface area contributed by atoms with Gasteiger partial charge in [0.05, 0.1) is 8.07 Å². The molecule has 0 radical (unpaired) electrons. The SMILES string of the molecule is CC=C(C)[SiH2]CC[Si](C)(C)CC[Si](C)(C)CO. The molecular formula is C13H32OSi3. The van der Waals surface area contributed by atoms with E-state index in [9.17, 15) is 5.11 Å². The van der Waals surface area contributed by atoms with Gasteiger partial charge < -0.3 is 5.11 Å². The highest BCUT2D eigenvalue weighted by Crippen LogP contribution is 2.24. The van der Waals surface area contributed by atoms with Crippen molar-refractivity contribution < 1.29 is 5.11 Å². The zero-order chi connectivity index (χ0) is 13.5. The van der Waals surface area contributed by atoms with Gasteiger partial charge in [0.1, 0.15) is 0 Å². The monoisotopic (exact) mass is 288 g/mol. The molecule has 0 aliphatic rings. The maximum Gasteiger partial charge on any atom is 0.0770 e. The third kappa shape index (κ3) is 8.99. The van der Waals surface area contributed by atoms with E-state index in [-0.39, 0.29) is 9.52 Å². The number of rotatable bonds is 8. The Kier molecular flexibility index (Phi) is 7.87. The number of hydrogen-bond donors (Lipinski definition) is 1. The van der Waals surface area contributed by atoms with E-state index in [0.29, 0.717) is 6.23 Å². The van der Waals surface area contributed by atoms with Crippen molar-refractivity contribution in [1.29, 1.82) is 0 Å². The highest BCUT2D eigenvalue weighted by Gasteiger charge is 2.26. The van der Waals surface area contributed by atoms with Crippen molar-refractivity contribution in [3.8, 4) is 0 Å². The third-order valence-corrected chi connectivity index (χ3v) is 12.7. The molecule has 102 valence electrons. The minimum absolute atomic E-state index is 0.0573. The van der Waals surface area contributed by atoms with E-state index >= 15 is 0 Å². The number of allylic oxidation sites excluding steroid dienone is 2. The van der Waals surface area contributed by atoms with Crippen LogP contribution >= 0.6 is 0 Å². The lowest BCUT2D eigenvalue weighted by Crippen LogP contribution is -2.35. The first kappa shape index (κ1) is 17.4.